The number of benzene rings is 1. The summed E-state index contributed by atoms with van der Waals surface area (Å²) in [7, 11) is 0. The van der Waals surface area contributed by atoms with Gasteiger partial charge in [-0.05, 0) is 43.7 Å². The summed E-state index contributed by atoms with van der Waals surface area (Å²) in [4.78, 5) is 15.4. The molecule has 1 aliphatic carbocycles. The van der Waals surface area contributed by atoms with Gasteiger partial charge in [0.1, 0.15) is 5.82 Å². The van der Waals surface area contributed by atoms with Crippen molar-refractivity contribution >= 4 is 17.0 Å². The Hall–Kier alpha value is -2.04. The molecule has 1 aromatic carbocycles. The molecule has 2 N–H and O–H groups in total. The van der Waals surface area contributed by atoms with Gasteiger partial charge in [-0.3, -0.25) is 4.99 Å². The van der Waals surface area contributed by atoms with Crippen LogP contribution in [0.4, 0.5) is 0 Å². The number of likely N-dealkylation sites (tertiary alicyclic amines) is 1. The number of guanidine groups is 1. The van der Waals surface area contributed by atoms with Crippen LogP contribution in [-0.2, 0) is 6.42 Å². The maximum atomic E-state index is 4.89. The summed E-state index contributed by atoms with van der Waals surface area (Å²) in [6.07, 6.45) is 7.81. The first-order chi connectivity index (χ1) is 12.3. The molecule has 0 unspecified atom stereocenters. The van der Waals surface area contributed by atoms with Crippen LogP contribution < -0.4 is 5.32 Å². The second-order valence-electron chi connectivity index (χ2n) is 7.56. The molecule has 0 atom stereocenters. The number of hydrogen-bond donors (Lipinski definition) is 2. The number of nitrogens with zero attached hydrogens (tertiary/aromatic N) is 3. The van der Waals surface area contributed by atoms with Gasteiger partial charge in [0.05, 0.1) is 11.0 Å². The molecule has 5 nitrogen and oxygen atoms in total. The zero-order valence-corrected chi connectivity index (χ0v) is 15.2. The highest BCUT2D eigenvalue weighted by Gasteiger charge is 2.41. The lowest BCUT2D eigenvalue weighted by Gasteiger charge is -2.25. The molecule has 1 aromatic heterocycles. The van der Waals surface area contributed by atoms with Crippen LogP contribution in [0.5, 0.6) is 0 Å². The number of aromatic amines is 1. The molecule has 1 saturated heterocycles. The van der Waals surface area contributed by atoms with E-state index in [-0.39, 0.29) is 0 Å². The van der Waals surface area contributed by atoms with Gasteiger partial charge in [-0.2, -0.15) is 0 Å². The summed E-state index contributed by atoms with van der Waals surface area (Å²) in [5.41, 5.74) is 2.72. The summed E-state index contributed by atoms with van der Waals surface area (Å²) in [6.45, 7) is 6.18. The molecule has 5 heteroatoms. The third kappa shape index (κ3) is 3.51. The third-order valence-electron chi connectivity index (χ3n) is 5.79. The number of H-pyrrole nitrogens is 1. The molecule has 4 rings (SSSR count). The van der Waals surface area contributed by atoms with Crippen LogP contribution in [0.1, 0.15) is 44.9 Å². The quantitative estimate of drug-likeness (QED) is 0.663. The number of aromatic nitrogens is 2. The van der Waals surface area contributed by atoms with Crippen molar-refractivity contribution in [2.45, 2.75) is 45.4 Å². The van der Waals surface area contributed by atoms with Crippen LogP contribution in [0.3, 0.4) is 0 Å². The first-order valence-corrected chi connectivity index (χ1v) is 9.75. The van der Waals surface area contributed by atoms with E-state index in [0.717, 1.165) is 48.9 Å². The van der Waals surface area contributed by atoms with Crippen LogP contribution in [-0.4, -0.2) is 47.0 Å². The van der Waals surface area contributed by atoms with Crippen molar-refractivity contribution in [2.24, 2.45) is 10.4 Å². The fraction of sp³-hybridized carbons (Fsp3) is 0.600. The molecule has 134 valence electrons. The van der Waals surface area contributed by atoms with Crippen LogP contribution in [0.25, 0.3) is 11.0 Å². The Morgan fingerprint density at radius 1 is 1.28 bits per heavy atom. The largest absolute Gasteiger partial charge is 0.357 e. The molecule has 1 aliphatic heterocycles. The standard InChI is InChI=1S/C20H29N5/c1-2-21-19(25-14-12-20(15-25)10-5-6-11-20)22-13-9-18-23-16-7-3-4-8-17(16)24-18/h3-4,7-8H,2,5-6,9-15H2,1H3,(H,21,22)(H,23,24). The molecule has 2 aliphatic rings. The normalized spacial score (nSPS) is 20.0. The number of rotatable bonds is 4. The van der Waals surface area contributed by atoms with E-state index >= 15 is 0 Å². The molecule has 0 bridgehead atoms. The van der Waals surface area contributed by atoms with E-state index in [0.29, 0.717) is 5.41 Å². The number of para-hydroxylation sites is 2. The average molecular weight is 339 g/mol. The molecule has 0 radical (unpaired) electrons. The van der Waals surface area contributed by atoms with E-state index < -0.39 is 0 Å². The fourth-order valence-corrected chi connectivity index (χ4v) is 4.47. The molecule has 2 aromatic rings. The predicted molar refractivity (Wildman–Crippen MR) is 103 cm³/mol. The molecule has 0 amide bonds. The highest BCUT2D eigenvalue weighted by Crippen LogP contribution is 2.45. The second kappa shape index (κ2) is 7.06. The van der Waals surface area contributed by atoms with Crippen LogP contribution in [0.2, 0.25) is 0 Å². The van der Waals surface area contributed by atoms with Crippen molar-refractivity contribution in [1.29, 1.82) is 0 Å². The lowest BCUT2D eigenvalue weighted by Crippen LogP contribution is -2.41. The van der Waals surface area contributed by atoms with Gasteiger partial charge in [-0.1, -0.05) is 25.0 Å². The molecule has 1 saturated carbocycles. The molecular formula is C20H29N5. The minimum atomic E-state index is 0.578. The van der Waals surface area contributed by atoms with Crippen molar-refractivity contribution in [3.8, 4) is 0 Å². The van der Waals surface area contributed by atoms with Gasteiger partial charge in [-0.15, -0.1) is 0 Å². The Morgan fingerprint density at radius 3 is 2.92 bits per heavy atom. The monoisotopic (exact) mass is 339 g/mol. The topological polar surface area (TPSA) is 56.3 Å². The van der Waals surface area contributed by atoms with E-state index in [1.165, 1.54) is 38.6 Å². The van der Waals surface area contributed by atoms with E-state index in [1.54, 1.807) is 0 Å². The van der Waals surface area contributed by atoms with Gasteiger partial charge in [0.15, 0.2) is 5.96 Å². The van der Waals surface area contributed by atoms with E-state index in [2.05, 4.69) is 33.2 Å². The van der Waals surface area contributed by atoms with E-state index in [1.807, 2.05) is 18.2 Å². The van der Waals surface area contributed by atoms with Gasteiger partial charge < -0.3 is 15.2 Å². The number of nitrogens with one attached hydrogen (secondary N) is 2. The first-order valence-electron chi connectivity index (χ1n) is 9.75. The Bertz CT molecular complexity index is 708. The zero-order valence-electron chi connectivity index (χ0n) is 15.2. The minimum absolute atomic E-state index is 0.578. The van der Waals surface area contributed by atoms with Gasteiger partial charge in [0.2, 0.25) is 0 Å². The summed E-state index contributed by atoms with van der Waals surface area (Å²) in [5.74, 6) is 2.11. The summed E-state index contributed by atoms with van der Waals surface area (Å²) in [5, 5.41) is 3.49. The summed E-state index contributed by atoms with van der Waals surface area (Å²) < 4.78 is 0. The maximum absolute atomic E-state index is 4.89. The summed E-state index contributed by atoms with van der Waals surface area (Å²) in [6, 6.07) is 8.19. The number of hydrogen-bond acceptors (Lipinski definition) is 2. The highest BCUT2D eigenvalue weighted by molar-refractivity contribution is 5.80. The lowest BCUT2D eigenvalue weighted by atomic mass is 9.86. The third-order valence-corrected chi connectivity index (χ3v) is 5.79. The average Bonchev–Trinajstić information content (AvgIpc) is 3.35. The Labute approximate surface area is 149 Å². The minimum Gasteiger partial charge on any atom is -0.357 e. The van der Waals surface area contributed by atoms with Crippen LogP contribution in [0, 0.1) is 5.41 Å². The lowest BCUT2D eigenvalue weighted by molar-refractivity contribution is 0.309. The van der Waals surface area contributed by atoms with Gasteiger partial charge >= 0.3 is 0 Å². The van der Waals surface area contributed by atoms with Crippen LogP contribution >= 0.6 is 0 Å². The van der Waals surface area contributed by atoms with Crippen molar-refractivity contribution < 1.29 is 0 Å². The number of imidazole rings is 1. The maximum Gasteiger partial charge on any atom is 0.193 e. The smallest absolute Gasteiger partial charge is 0.193 e. The first kappa shape index (κ1) is 16.4. The Balaban J connectivity index is 1.40. The SMILES string of the molecule is CCNC(=NCCc1nc2ccccc2[nH]1)N1CCC2(CCCC2)C1. The van der Waals surface area contributed by atoms with Gasteiger partial charge in [-0.25, -0.2) is 4.98 Å². The van der Waals surface area contributed by atoms with E-state index in [4.69, 9.17) is 4.99 Å². The van der Waals surface area contributed by atoms with Gasteiger partial charge in [0, 0.05) is 32.6 Å². The van der Waals surface area contributed by atoms with Crippen LogP contribution in [0.15, 0.2) is 29.3 Å². The molecular weight excluding hydrogens is 310 g/mol. The fourth-order valence-electron chi connectivity index (χ4n) is 4.47. The zero-order chi connectivity index (χ0) is 17.1. The Kier molecular flexibility index (Phi) is 4.64. The van der Waals surface area contributed by atoms with E-state index in [9.17, 15) is 0 Å². The molecule has 25 heavy (non-hydrogen) atoms. The van der Waals surface area contributed by atoms with Crippen molar-refractivity contribution in [2.75, 3.05) is 26.2 Å². The van der Waals surface area contributed by atoms with Gasteiger partial charge in [0.25, 0.3) is 0 Å². The summed E-state index contributed by atoms with van der Waals surface area (Å²) >= 11 is 0. The van der Waals surface area contributed by atoms with Crippen molar-refractivity contribution in [1.82, 2.24) is 20.2 Å². The molecule has 1 spiro atoms. The van der Waals surface area contributed by atoms with Crippen molar-refractivity contribution in [3.05, 3.63) is 30.1 Å². The second-order valence-corrected chi connectivity index (χ2v) is 7.56. The molecule has 2 fully saturated rings. The van der Waals surface area contributed by atoms with Crippen molar-refractivity contribution in [3.63, 3.8) is 0 Å². The number of fused-ring (bicyclic) bond motifs is 1. The number of aliphatic imine (C=N–C) groups is 1. The highest BCUT2D eigenvalue weighted by atomic mass is 15.3. The Morgan fingerprint density at radius 2 is 2.12 bits per heavy atom. The predicted octanol–water partition coefficient (Wildman–Crippen LogP) is 3.34. The molecule has 2 heterocycles.